The van der Waals surface area contributed by atoms with Crippen LogP contribution in [0, 0.1) is 6.92 Å². The first-order valence-corrected chi connectivity index (χ1v) is 6.71. The average molecular weight is 248 g/mol. The summed E-state index contributed by atoms with van der Waals surface area (Å²) in [6, 6.07) is 8.87. The maximum absolute atomic E-state index is 9.80. The normalized spacial score (nSPS) is 29.2. The molecule has 0 radical (unpaired) electrons. The first-order chi connectivity index (χ1) is 8.54. The van der Waals surface area contributed by atoms with Crippen LogP contribution in [-0.4, -0.2) is 41.8 Å². The summed E-state index contributed by atoms with van der Waals surface area (Å²) in [4.78, 5) is 2.35. The van der Waals surface area contributed by atoms with Gasteiger partial charge in [0.15, 0.2) is 0 Å². The fourth-order valence-electron chi connectivity index (χ4n) is 2.76. The van der Waals surface area contributed by atoms with Gasteiger partial charge in [-0.1, -0.05) is 12.1 Å². The van der Waals surface area contributed by atoms with Crippen LogP contribution in [0.2, 0.25) is 0 Å². The van der Waals surface area contributed by atoms with E-state index in [4.69, 9.17) is 0 Å². The molecule has 2 N–H and O–H groups in total. The number of nitrogens with zero attached hydrogens (tertiary/aromatic N) is 1. The standard InChI is InChI=1S/C15H24N2O/c1-12-5-4-6-14(9-12)16-15(11-18)7-8-17(3)13(2)10-15/h4-6,9,13,16,18H,7-8,10-11H2,1-3H3. The predicted octanol–water partition coefficient (Wildman–Crippen LogP) is 2.25. The summed E-state index contributed by atoms with van der Waals surface area (Å²) in [5.41, 5.74) is 2.19. The second-order valence-corrected chi connectivity index (χ2v) is 5.72. The summed E-state index contributed by atoms with van der Waals surface area (Å²) in [5, 5.41) is 13.4. The molecule has 0 bridgehead atoms. The number of aryl methyl sites for hydroxylation is 1. The number of anilines is 1. The summed E-state index contributed by atoms with van der Waals surface area (Å²) < 4.78 is 0. The molecule has 1 heterocycles. The van der Waals surface area contributed by atoms with Gasteiger partial charge in [-0.15, -0.1) is 0 Å². The number of rotatable bonds is 3. The third kappa shape index (κ3) is 2.85. The lowest BCUT2D eigenvalue weighted by molar-refractivity contribution is 0.0969. The largest absolute Gasteiger partial charge is 0.394 e. The van der Waals surface area contributed by atoms with Gasteiger partial charge in [0.05, 0.1) is 12.1 Å². The summed E-state index contributed by atoms with van der Waals surface area (Å²) >= 11 is 0. The van der Waals surface area contributed by atoms with Crippen molar-refractivity contribution in [1.29, 1.82) is 0 Å². The van der Waals surface area contributed by atoms with E-state index in [0.29, 0.717) is 6.04 Å². The predicted molar refractivity (Wildman–Crippen MR) is 75.9 cm³/mol. The lowest BCUT2D eigenvalue weighted by Crippen LogP contribution is -2.54. The van der Waals surface area contributed by atoms with Crippen LogP contribution < -0.4 is 5.32 Å². The zero-order valence-corrected chi connectivity index (χ0v) is 11.6. The van der Waals surface area contributed by atoms with Crippen LogP contribution in [0.4, 0.5) is 5.69 Å². The van der Waals surface area contributed by atoms with E-state index in [-0.39, 0.29) is 12.1 Å². The van der Waals surface area contributed by atoms with Crippen molar-refractivity contribution < 1.29 is 5.11 Å². The van der Waals surface area contributed by atoms with E-state index < -0.39 is 0 Å². The Kier molecular flexibility index (Phi) is 3.93. The molecule has 1 aromatic rings. The van der Waals surface area contributed by atoms with Crippen LogP contribution in [0.1, 0.15) is 25.3 Å². The summed E-state index contributed by atoms with van der Waals surface area (Å²) in [6.45, 7) is 5.54. The highest BCUT2D eigenvalue weighted by Crippen LogP contribution is 2.29. The topological polar surface area (TPSA) is 35.5 Å². The lowest BCUT2D eigenvalue weighted by atomic mass is 9.84. The first-order valence-electron chi connectivity index (χ1n) is 6.71. The van der Waals surface area contributed by atoms with Gasteiger partial charge in [-0.25, -0.2) is 0 Å². The van der Waals surface area contributed by atoms with Crippen molar-refractivity contribution in [1.82, 2.24) is 4.90 Å². The van der Waals surface area contributed by atoms with Gasteiger partial charge in [-0.05, 0) is 51.4 Å². The zero-order chi connectivity index (χ0) is 13.2. The van der Waals surface area contributed by atoms with Gasteiger partial charge < -0.3 is 15.3 Å². The molecule has 1 aromatic carbocycles. The zero-order valence-electron chi connectivity index (χ0n) is 11.6. The molecule has 0 amide bonds. The van der Waals surface area contributed by atoms with Gasteiger partial charge in [0.25, 0.3) is 0 Å². The van der Waals surface area contributed by atoms with E-state index in [1.165, 1.54) is 5.56 Å². The molecule has 2 unspecified atom stereocenters. The number of benzene rings is 1. The SMILES string of the molecule is Cc1cccc(NC2(CO)CCN(C)C(C)C2)c1. The fourth-order valence-corrected chi connectivity index (χ4v) is 2.76. The number of piperidine rings is 1. The molecule has 18 heavy (non-hydrogen) atoms. The van der Waals surface area contributed by atoms with E-state index in [0.717, 1.165) is 25.1 Å². The smallest absolute Gasteiger partial charge is 0.0662 e. The fraction of sp³-hybridized carbons (Fsp3) is 0.600. The average Bonchev–Trinajstić information content (AvgIpc) is 2.34. The monoisotopic (exact) mass is 248 g/mol. The van der Waals surface area contributed by atoms with Crippen LogP contribution in [0.5, 0.6) is 0 Å². The molecule has 1 aliphatic heterocycles. The number of hydrogen-bond donors (Lipinski definition) is 2. The second kappa shape index (κ2) is 5.29. The van der Waals surface area contributed by atoms with Crippen LogP contribution in [0.3, 0.4) is 0 Å². The molecule has 100 valence electrons. The van der Waals surface area contributed by atoms with Crippen LogP contribution >= 0.6 is 0 Å². The van der Waals surface area contributed by atoms with Crippen molar-refractivity contribution in [3.05, 3.63) is 29.8 Å². The molecule has 1 fully saturated rings. The van der Waals surface area contributed by atoms with Crippen LogP contribution in [0.25, 0.3) is 0 Å². The quantitative estimate of drug-likeness (QED) is 0.861. The third-order valence-corrected chi connectivity index (χ3v) is 4.11. The molecule has 0 aromatic heterocycles. The Morgan fingerprint density at radius 3 is 2.89 bits per heavy atom. The number of likely N-dealkylation sites (tertiary alicyclic amines) is 1. The molecule has 3 heteroatoms. The van der Waals surface area contributed by atoms with E-state index in [1.807, 2.05) is 0 Å². The van der Waals surface area contributed by atoms with E-state index in [2.05, 4.69) is 55.4 Å². The highest BCUT2D eigenvalue weighted by Gasteiger charge is 2.36. The minimum absolute atomic E-state index is 0.167. The summed E-state index contributed by atoms with van der Waals surface area (Å²) in [6.07, 6.45) is 1.96. The van der Waals surface area contributed by atoms with Crippen molar-refractivity contribution in [3.63, 3.8) is 0 Å². The van der Waals surface area contributed by atoms with Gasteiger partial charge in [0, 0.05) is 18.3 Å². The van der Waals surface area contributed by atoms with Crippen molar-refractivity contribution in [2.45, 2.75) is 38.3 Å². The Morgan fingerprint density at radius 2 is 2.28 bits per heavy atom. The molecule has 1 aliphatic rings. The van der Waals surface area contributed by atoms with E-state index in [9.17, 15) is 5.11 Å². The van der Waals surface area contributed by atoms with Crippen molar-refractivity contribution >= 4 is 5.69 Å². The van der Waals surface area contributed by atoms with Gasteiger partial charge in [-0.2, -0.15) is 0 Å². The lowest BCUT2D eigenvalue weighted by Gasteiger charge is -2.44. The number of aliphatic hydroxyl groups excluding tert-OH is 1. The Morgan fingerprint density at radius 1 is 1.50 bits per heavy atom. The van der Waals surface area contributed by atoms with Crippen LogP contribution in [-0.2, 0) is 0 Å². The second-order valence-electron chi connectivity index (χ2n) is 5.72. The Bertz CT molecular complexity index is 407. The maximum atomic E-state index is 9.80. The van der Waals surface area contributed by atoms with Gasteiger partial charge in [0.2, 0.25) is 0 Å². The van der Waals surface area contributed by atoms with Crippen LogP contribution in [0.15, 0.2) is 24.3 Å². The highest BCUT2D eigenvalue weighted by molar-refractivity contribution is 5.48. The van der Waals surface area contributed by atoms with Crippen molar-refractivity contribution in [3.8, 4) is 0 Å². The van der Waals surface area contributed by atoms with Gasteiger partial charge in [-0.3, -0.25) is 0 Å². The Balaban J connectivity index is 2.13. The molecular formula is C15H24N2O. The Hall–Kier alpha value is -1.06. The minimum atomic E-state index is -0.167. The van der Waals surface area contributed by atoms with Crippen molar-refractivity contribution in [2.24, 2.45) is 0 Å². The molecule has 0 saturated carbocycles. The summed E-state index contributed by atoms with van der Waals surface area (Å²) in [7, 11) is 2.15. The van der Waals surface area contributed by atoms with Gasteiger partial charge in [0.1, 0.15) is 0 Å². The van der Waals surface area contributed by atoms with Crippen molar-refractivity contribution in [2.75, 3.05) is 25.5 Å². The maximum Gasteiger partial charge on any atom is 0.0662 e. The van der Waals surface area contributed by atoms with Gasteiger partial charge >= 0.3 is 0 Å². The van der Waals surface area contributed by atoms with E-state index >= 15 is 0 Å². The third-order valence-electron chi connectivity index (χ3n) is 4.11. The number of hydrogen-bond acceptors (Lipinski definition) is 3. The molecule has 1 saturated heterocycles. The number of nitrogens with one attached hydrogen (secondary N) is 1. The molecule has 0 aliphatic carbocycles. The summed E-state index contributed by atoms with van der Waals surface area (Å²) in [5.74, 6) is 0. The number of aliphatic hydroxyl groups is 1. The Labute approximate surface area is 110 Å². The highest BCUT2D eigenvalue weighted by atomic mass is 16.3. The molecule has 3 nitrogen and oxygen atoms in total. The minimum Gasteiger partial charge on any atom is -0.394 e. The van der Waals surface area contributed by atoms with E-state index in [1.54, 1.807) is 0 Å². The molecule has 2 atom stereocenters. The molecule has 2 rings (SSSR count). The first kappa shape index (κ1) is 13.4. The molecule has 0 spiro atoms. The molecular weight excluding hydrogens is 224 g/mol.